The van der Waals surface area contributed by atoms with E-state index in [0.717, 1.165) is 49.8 Å². The topological polar surface area (TPSA) is 62.8 Å². The van der Waals surface area contributed by atoms with Crippen molar-refractivity contribution in [3.63, 3.8) is 0 Å². The minimum Gasteiger partial charge on any atom is -0.325 e. The van der Waals surface area contributed by atoms with Crippen LogP contribution < -0.4 is 5.56 Å². The van der Waals surface area contributed by atoms with Crippen LogP contribution in [0.25, 0.3) is 0 Å². The highest BCUT2D eigenvalue weighted by Crippen LogP contribution is 2.34. The fraction of sp³-hybridized carbons (Fsp3) is 0.450. The molecule has 24 heavy (non-hydrogen) atoms. The zero-order valence-corrected chi connectivity index (χ0v) is 14.4. The van der Waals surface area contributed by atoms with E-state index >= 15 is 0 Å². The van der Waals surface area contributed by atoms with Gasteiger partial charge in [0.1, 0.15) is 0 Å². The summed E-state index contributed by atoms with van der Waals surface area (Å²) in [5.74, 6) is 0.295. The van der Waals surface area contributed by atoms with Gasteiger partial charge < -0.3 is 4.98 Å². The van der Waals surface area contributed by atoms with Crippen LogP contribution in [0.2, 0.25) is 0 Å². The average Bonchev–Trinajstić information content (AvgIpc) is 2.59. The maximum absolute atomic E-state index is 12.4. The quantitative estimate of drug-likeness (QED) is 0.855. The number of Topliss-reactive ketones (excluding diaryl/α,β-unsaturated/α-hetero) is 1. The molecule has 1 aliphatic carbocycles. The van der Waals surface area contributed by atoms with Crippen LogP contribution in [0.1, 0.15) is 71.8 Å². The lowest BCUT2D eigenvalue weighted by molar-refractivity contribution is 0.101. The van der Waals surface area contributed by atoms with Gasteiger partial charge in [0.2, 0.25) is 0 Å². The van der Waals surface area contributed by atoms with Crippen molar-refractivity contribution in [1.82, 2.24) is 9.97 Å². The Labute approximate surface area is 142 Å². The van der Waals surface area contributed by atoms with Crippen LogP contribution in [-0.2, 0) is 19.3 Å². The van der Waals surface area contributed by atoms with Gasteiger partial charge in [0.15, 0.2) is 5.78 Å². The van der Waals surface area contributed by atoms with Crippen molar-refractivity contribution >= 4 is 5.78 Å². The molecule has 126 valence electrons. The normalized spacial score (nSPS) is 16.7. The van der Waals surface area contributed by atoms with Crippen molar-refractivity contribution in [3.8, 4) is 0 Å². The van der Waals surface area contributed by atoms with Crippen LogP contribution in [0.3, 0.4) is 0 Å². The van der Waals surface area contributed by atoms with Crippen molar-refractivity contribution in [3.05, 3.63) is 62.8 Å². The van der Waals surface area contributed by atoms with E-state index in [9.17, 15) is 9.59 Å². The van der Waals surface area contributed by atoms with Gasteiger partial charge in [-0.3, -0.25) is 14.6 Å². The number of hydrogen-bond donors (Lipinski definition) is 1. The lowest BCUT2D eigenvalue weighted by Gasteiger charge is -2.28. The maximum Gasteiger partial charge on any atom is 0.259 e. The Balaban J connectivity index is 2.05. The van der Waals surface area contributed by atoms with E-state index in [4.69, 9.17) is 0 Å². The summed E-state index contributed by atoms with van der Waals surface area (Å²) in [6.07, 6.45) is 9.30. The number of rotatable bonds is 5. The van der Waals surface area contributed by atoms with Gasteiger partial charge in [0.05, 0.1) is 5.56 Å². The van der Waals surface area contributed by atoms with Gasteiger partial charge >= 0.3 is 0 Å². The number of ketones is 1. The second-order valence-corrected chi connectivity index (χ2v) is 6.64. The molecule has 2 aromatic heterocycles. The van der Waals surface area contributed by atoms with Gasteiger partial charge in [0, 0.05) is 18.1 Å². The zero-order chi connectivity index (χ0) is 17.1. The molecule has 1 N–H and O–H groups in total. The Kier molecular flexibility index (Phi) is 4.93. The summed E-state index contributed by atoms with van der Waals surface area (Å²) in [5, 5.41) is 0. The van der Waals surface area contributed by atoms with Crippen LogP contribution in [0.15, 0.2) is 29.3 Å². The molecule has 0 spiro atoms. The first-order valence-electron chi connectivity index (χ1n) is 8.79. The van der Waals surface area contributed by atoms with E-state index in [-0.39, 0.29) is 11.3 Å². The first-order chi connectivity index (χ1) is 11.6. The van der Waals surface area contributed by atoms with E-state index in [0.29, 0.717) is 11.5 Å². The molecule has 0 fully saturated rings. The van der Waals surface area contributed by atoms with Crippen molar-refractivity contribution in [2.24, 2.45) is 0 Å². The summed E-state index contributed by atoms with van der Waals surface area (Å²) in [6.45, 7) is 3.64. The zero-order valence-electron chi connectivity index (χ0n) is 14.4. The van der Waals surface area contributed by atoms with Crippen molar-refractivity contribution in [2.75, 3.05) is 0 Å². The Morgan fingerprint density at radius 1 is 1.29 bits per heavy atom. The molecule has 0 radical (unpaired) electrons. The third kappa shape index (κ3) is 3.18. The predicted molar refractivity (Wildman–Crippen MR) is 94.7 cm³/mol. The molecule has 1 unspecified atom stereocenters. The molecule has 2 aromatic rings. The summed E-state index contributed by atoms with van der Waals surface area (Å²) in [4.78, 5) is 31.5. The number of aromatic nitrogens is 2. The van der Waals surface area contributed by atoms with Crippen molar-refractivity contribution in [1.29, 1.82) is 0 Å². The highest BCUT2D eigenvalue weighted by atomic mass is 16.1. The summed E-state index contributed by atoms with van der Waals surface area (Å²) in [6, 6.07) is 4.14. The molecule has 0 aromatic carbocycles. The smallest absolute Gasteiger partial charge is 0.259 e. The SMILES string of the molecule is CCCCc1[nH]c(=O)c(C(C)=O)c2c1CC(c1ccncc1)CC2. The number of pyridine rings is 2. The molecular weight excluding hydrogens is 300 g/mol. The molecule has 3 rings (SSSR count). The number of nitrogens with one attached hydrogen (secondary N) is 1. The summed E-state index contributed by atoms with van der Waals surface area (Å²) in [7, 11) is 0. The molecule has 4 nitrogen and oxygen atoms in total. The number of nitrogens with zero attached hydrogens (tertiary/aromatic N) is 1. The van der Waals surface area contributed by atoms with Crippen LogP contribution in [-0.4, -0.2) is 15.8 Å². The van der Waals surface area contributed by atoms with Gasteiger partial charge in [-0.05, 0) is 73.8 Å². The van der Waals surface area contributed by atoms with E-state index in [1.54, 1.807) is 0 Å². The predicted octanol–water partition coefficient (Wildman–Crippen LogP) is 3.59. The minimum atomic E-state index is -0.213. The number of carbonyl (C=O) groups is 1. The Bertz CT molecular complexity index is 793. The van der Waals surface area contributed by atoms with E-state index < -0.39 is 0 Å². The number of aryl methyl sites for hydroxylation is 1. The Morgan fingerprint density at radius 2 is 2.04 bits per heavy atom. The molecule has 1 atom stereocenters. The standard InChI is InChI=1S/C20H24N2O2/c1-3-4-5-18-17-12-15(14-8-10-21-11-9-14)6-7-16(17)19(13(2)23)20(24)22-18/h8-11,15H,3-7,12H2,1-2H3,(H,22,24). The van der Waals surface area contributed by atoms with Crippen LogP contribution in [0.4, 0.5) is 0 Å². The number of aromatic amines is 1. The third-order valence-electron chi connectivity index (χ3n) is 5.03. The van der Waals surface area contributed by atoms with Gasteiger partial charge in [-0.25, -0.2) is 0 Å². The molecule has 1 aliphatic rings. The largest absolute Gasteiger partial charge is 0.325 e. The van der Waals surface area contributed by atoms with Gasteiger partial charge in [-0.15, -0.1) is 0 Å². The number of unbranched alkanes of at least 4 members (excludes halogenated alkanes) is 1. The fourth-order valence-electron chi connectivity index (χ4n) is 3.79. The molecule has 2 heterocycles. The van der Waals surface area contributed by atoms with Crippen molar-refractivity contribution in [2.45, 2.75) is 58.3 Å². The summed E-state index contributed by atoms with van der Waals surface area (Å²) >= 11 is 0. The second-order valence-electron chi connectivity index (χ2n) is 6.64. The molecule has 0 amide bonds. The molecule has 0 saturated carbocycles. The number of H-pyrrole nitrogens is 1. The Morgan fingerprint density at radius 3 is 2.71 bits per heavy atom. The molecule has 4 heteroatoms. The van der Waals surface area contributed by atoms with Crippen molar-refractivity contribution < 1.29 is 4.79 Å². The molecular formula is C20H24N2O2. The average molecular weight is 324 g/mol. The Hall–Kier alpha value is -2.23. The highest BCUT2D eigenvalue weighted by molar-refractivity contribution is 5.95. The van der Waals surface area contributed by atoms with Gasteiger partial charge in [0.25, 0.3) is 5.56 Å². The first kappa shape index (κ1) is 16.6. The third-order valence-corrected chi connectivity index (χ3v) is 5.03. The van der Waals surface area contributed by atoms with Crippen LogP contribution in [0.5, 0.6) is 0 Å². The lowest BCUT2D eigenvalue weighted by atomic mass is 9.77. The highest BCUT2D eigenvalue weighted by Gasteiger charge is 2.27. The van der Waals surface area contributed by atoms with E-state index in [2.05, 4.69) is 29.0 Å². The number of carbonyl (C=O) groups excluding carboxylic acids is 1. The van der Waals surface area contributed by atoms with Crippen LogP contribution in [0, 0.1) is 0 Å². The second kappa shape index (κ2) is 7.12. The molecule has 0 saturated heterocycles. The molecule has 0 bridgehead atoms. The maximum atomic E-state index is 12.4. The monoisotopic (exact) mass is 324 g/mol. The minimum absolute atomic E-state index is 0.128. The lowest BCUT2D eigenvalue weighted by Crippen LogP contribution is -2.27. The molecule has 0 aliphatic heterocycles. The summed E-state index contributed by atoms with van der Waals surface area (Å²) in [5.41, 5.74) is 4.66. The van der Waals surface area contributed by atoms with E-state index in [1.807, 2.05) is 12.4 Å². The van der Waals surface area contributed by atoms with Gasteiger partial charge in [-0.1, -0.05) is 13.3 Å². The van der Waals surface area contributed by atoms with E-state index in [1.165, 1.54) is 18.1 Å². The van der Waals surface area contributed by atoms with Gasteiger partial charge in [-0.2, -0.15) is 0 Å². The fourth-order valence-corrected chi connectivity index (χ4v) is 3.79. The number of fused-ring (bicyclic) bond motifs is 1. The number of hydrogen-bond acceptors (Lipinski definition) is 3. The van der Waals surface area contributed by atoms with Crippen LogP contribution >= 0.6 is 0 Å². The first-order valence-corrected chi connectivity index (χ1v) is 8.79. The summed E-state index contributed by atoms with van der Waals surface area (Å²) < 4.78 is 0.